The zero-order valence-corrected chi connectivity index (χ0v) is 10.4. The molecule has 100 valence electrons. The van der Waals surface area contributed by atoms with Crippen LogP contribution in [-0.2, 0) is 21.4 Å². The third-order valence-electron chi connectivity index (χ3n) is 2.72. The quantitative estimate of drug-likeness (QED) is 0.833. The number of aliphatic hydroxyl groups is 1. The second-order valence-electron chi connectivity index (χ2n) is 4.10. The first-order chi connectivity index (χ1) is 8.53. The minimum atomic E-state index is -3.92. The predicted molar refractivity (Wildman–Crippen MR) is 61.9 cm³/mol. The van der Waals surface area contributed by atoms with Gasteiger partial charge >= 0.3 is 0 Å². The fourth-order valence-corrected chi connectivity index (χ4v) is 3.15. The molecule has 5 nitrogen and oxygen atoms in total. The summed E-state index contributed by atoms with van der Waals surface area (Å²) in [6.07, 6.45) is 0.570. The number of halogens is 1. The number of sulfonamides is 1. The van der Waals surface area contributed by atoms with Crippen molar-refractivity contribution in [1.82, 2.24) is 4.72 Å². The SMILES string of the molecule is O=S(=O)(NC1CCOC1)c1cc(CO)ccc1F. The van der Waals surface area contributed by atoms with Gasteiger partial charge in [0.25, 0.3) is 0 Å². The molecule has 0 amide bonds. The van der Waals surface area contributed by atoms with Crippen LogP contribution in [0, 0.1) is 5.82 Å². The molecule has 18 heavy (non-hydrogen) atoms. The summed E-state index contributed by atoms with van der Waals surface area (Å²) in [6.45, 7) is 0.447. The Bertz CT molecular complexity index is 526. The van der Waals surface area contributed by atoms with Gasteiger partial charge in [0.15, 0.2) is 0 Å². The third kappa shape index (κ3) is 2.86. The molecule has 1 aromatic rings. The first kappa shape index (κ1) is 13.4. The van der Waals surface area contributed by atoms with E-state index in [0.717, 1.165) is 12.1 Å². The molecule has 0 spiro atoms. The monoisotopic (exact) mass is 275 g/mol. The van der Waals surface area contributed by atoms with E-state index in [9.17, 15) is 12.8 Å². The molecule has 2 N–H and O–H groups in total. The molecule has 0 aliphatic carbocycles. The number of hydrogen-bond donors (Lipinski definition) is 2. The average molecular weight is 275 g/mol. The summed E-state index contributed by atoms with van der Waals surface area (Å²) >= 11 is 0. The van der Waals surface area contributed by atoms with E-state index < -0.39 is 20.7 Å². The Kier molecular flexibility index (Phi) is 3.96. The summed E-state index contributed by atoms with van der Waals surface area (Å²) in [6, 6.07) is 3.18. The molecule has 1 saturated heterocycles. The second-order valence-corrected chi connectivity index (χ2v) is 5.79. The maximum Gasteiger partial charge on any atom is 0.243 e. The number of nitrogens with one attached hydrogen (secondary N) is 1. The minimum absolute atomic E-state index is 0.292. The van der Waals surface area contributed by atoms with Crippen LogP contribution in [0.25, 0.3) is 0 Å². The lowest BCUT2D eigenvalue weighted by atomic mass is 10.2. The Balaban J connectivity index is 2.27. The molecule has 7 heteroatoms. The molecule has 1 unspecified atom stereocenters. The number of hydrogen-bond acceptors (Lipinski definition) is 4. The standard InChI is InChI=1S/C11H14FNO4S/c12-10-2-1-8(6-14)5-11(10)18(15,16)13-9-3-4-17-7-9/h1-2,5,9,13-14H,3-4,6-7H2. The van der Waals surface area contributed by atoms with Crippen molar-refractivity contribution in [2.24, 2.45) is 0 Å². The number of ether oxygens (including phenoxy) is 1. The van der Waals surface area contributed by atoms with E-state index >= 15 is 0 Å². The van der Waals surface area contributed by atoms with Crippen molar-refractivity contribution in [3.05, 3.63) is 29.6 Å². The molecule has 0 aromatic heterocycles. The summed E-state index contributed by atoms with van der Waals surface area (Å²) in [7, 11) is -3.92. The Morgan fingerprint density at radius 2 is 2.28 bits per heavy atom. The Labute approximate surface area is 105 Å². The zero-order valence-electron chi connectivity index (χ0n) is 9.60. The molecular weight excluding hydrogens is 261 g/mol. The summed E-state index contributed by atoms with van der Waals surface area (Å²) in [4.78, 5) is -0.444. The fraction of sp³-hybridized carbons (Fsp3) is 0.455. The van der Waals surface area contributed by atoms with Crippen molar-refractivity contribution < 1.29 is 22.7 Å². The van der Waals surface area contributed by atoms with Crippen LogP contribution in [0.1, 0.15) is 12.0 Å². The average Bonchev–Trinajstić information content (AvgIpc) is 2.81. The van der Waals surface area contributed by atoms with Gasteiger partial charge in [-0.3, -0.25) is 0 Å². The molecule has 0 radical (unpaired) electrons. The minimum Gasteiger partial charge on any atom is -0.392 e. The van der Waals surface area contributed by atoms with Crippen LogP contribution in [0.3, 0.4) is 0 Å². The largest absolute Gasteiger partial charge is 0.392 e. The smallest absolute Gasteiger partial charge is 0.243 e. The first-order valence-electron chi connectivity index (χ1n) is 5.52. The summed E-state index contributed by atoms with van der Waals surface area (Å²) in [5, 5.41) is 8.95. The van der Waals surface area contributed by atoms with Crippen molar-refractivity contribution in [1.29, 1.82) is 0 Å². The number of rotatable bonds is 4. The van der Waals surface area contributed by atoms with Gasteiger partial charge in [0.2, 0.25) is 10.0 Å². The van der Waals surface area contributed by atoms with Gasteiger partial charge in [-0.25, -0.2) is 17.5 Å². The molecule has 0 saturated carbocycles. The molecule has 1 aliphatic rings. The third-order valence-corrected chi connectivity index (χ3v) is 4.25. The van der Waals surface area contributed by atoms with E-state index in [1.54, 1.807) is 0 Å². The molecular formula is C11H14FNO4S. The van der Waals surface area contributed by atoms with E-state index in [1.165, 1.54) is 6.07 Å². The van der Waals surface area contributed by atoms with Crippen molar-refractivity contribution in [2.75, 3.05) is 13.2 Å². The lowest BCUT2D eigenvalue weighted by Gasteiger charge is -2.12. The number of benzene rings is 1. The van der Waals surface area contributed by atoms with Gasteiger partial charge in [-0.05, 0) is 24.1 Å². The Morgan fingerprint density at radius 3 is 2.89 bits per heavy atom. The van der Waals surface area contributed by atoms with Crippen molar-refractivity contribution >= 4 is 10.0 Å². The van der Waals surface area contributed by atoms with Crippen LogP contribution < -0.4 is 4.72 Å². The van der Waals surface area contributed by atoms with Crippen LogP contribution in [0.15, 0.2) is 23.1 Å². The normalized spacial score (nSPS) is 20.2. The van der Waals surface area contributed by atoms with Gasteiger partial charge in [-0.15, -0.1) is 0 Å². The van der Waals surface area contributed by atoms with E-state index in [1.807, 2.05) is 0 Å². The fourth-order valence-electron chi connectivity index (χ4n) is 1.76. The molecule has 1 aromatic carbocycles. The highest BCUT2D eigenvalue weighted by Gasteiger charge is 2.25. The van der Waals surface area contributed by atoms with Crippen molar-refractivity contribution in [2.45, 2.75) is 24.0 Å². The maximum atomic E-state index is 13.5. The molecule has 0 bridgehead atoms. The van der Waals surface area contributed by atoms with Crippen LogP contribution in [0.4, 0.5) is 4.39 Å². The van der Waals surface area contributed by atoms with Crippen LogP contribution in [-0.4, -0.2) is 32.8 Å². The van der Waals surface area contributed by atoms with E-state index in [2.05, 4.69) is 4.72 Å². The van der Waals surface area contributed by atoms with Gasteiger partial charge < -0.3 is 9.84 Å². The van der Waals surface area contributed by atoms with Crippen LogP contribution in [0.5, 0.6) is 0 Å². The molecule has 1 aliphatic heterocycles. The summed E-state index contributed by atoms with van der Waals surface area (Å²) < 4.78 is 45.0. The molecule has 1 heterocycles. The van der Waals surface area contributed by atoms with Crippen molar-refractivity contribution in [3.63, 3.8) is 0 Å². The second kappa shape index (κ2) is 5.31. The highest BCUT2D eigenvalue weighted by Crippen LogP contribution is 2.18. The lowest BCUT2D eigenvalue weighted by Crippen LogP contribution is -2.35. The van der Waals surface area contributed by atoms with Gasteiger partial charge in [-0.1, -0.05) is 6.07 Å². The summed E-state index contributed by atoms with van der Waals surface area (Å²) in [5.74, 6) is -0.835. The van der Waals surface area contributed by atoms with Crippen LogP contribution >= 0.6 is 0 Å². The maximum absolute atomic E-state index is 13.5. The first-order valence-corrected chi connectivity index (χ1v) is 7.00. The van der Waals surface area contributed by atoms with E-state index in [-0.39, 0.29) is 12.6 Å². The van der Waals surface area contributed by atoms with E-state index in [4.69, 9.17) is 9.84 Å². The van der Waals surface area contributed by atoms with Gasteiger partial charge in [0.1, 0.15) is 10.7 Å². The number of aliphatic hydroxyl groups excluding tert-OH is 1. The zero-order chi connectivity index (χ0) is 13.2. The molecule has 1 fully saturated rings. The van der Waals surface area contributed by atoms with Crippen LogP contribution in [0.2, 0.25) is 0 Å². The summed E-state index contributed by atoms with van der Waals surface area (Å²) in [5.41, 5.74) is 0.347. The highest BCUT2D eigenvalue weighted by molar-refractivity contribution is 7.89. The highest BCUT2D eigenvalue weighted by atomic mass is 32.2. The van der Waals surface area contributed by atoms with Gasteiger partial charge in [-0.2, -0.15) is 0 Å². The predicted octanol–water partition coefficient (Wildman–Crippen LogP) is 0.385. The van der Waals surface area contributed by atoms with Gasteiger partial charge in [0.05, 0.1) is 13.2 Å². The topological polar surface area (TPSA) is 75.6 Å². The molecule has 1 atom stereocenters. The lowest BCUT2D eigenvalue weighted by molar-refractivity contribution is 0.192. The Hall–Kier alpha value is -1.02. The van der Waals surface area contributed by atoms with E-state index in [0.29, 0.717) is 25.2 Å². The molecule has 2 rings (SSSR count). The Morgan fingerprint density at radius 1 is 1.50 bits per heavy atom. The van der Waals surface area contributed by atoms with Crippen molar-refractivity contribution in [3.8, 4) is 0 Å². The van der Waals surface area contributed by atoms with Gasteiger partial charge in [0, 0.05) is 12.6 Å².